The van der Waals surface area contributed by atoms with Gasteiger partial charge in [-0.2, -0.15) is 0 Å². The molecule has 158 valence electrons. The highest BCUT2D eigenvalue weighted by Crippen LogP contribution is 2.33. The van der Waals surface area contributed by atoms with Crippen molar-refractivity contribution in [2.24, 2.45) is 0 Å². The van der Waals surface area contributed by atoms with Crippen LogP contribution < -0.4 is 5.32 Å². The van der Waals surface area contributed by atoms with E-state index in [1.807, 2.05) is 26.0 Å². The Balaban J connectivity index is 2.05. The molecular formula is C22H32N4O3. The van der Waals surface area contributed by atoms with Crippen molar-refractivity contribution in [3.63, 3.8) is 0 Å². The van der Waals surface area contributed by atoms with Gasteiger partial charge in [-0.3, -0.25) is 9.80 Å². The first-order valence-electron chi connectivity index (χ1n) is 10.2. The highest BCUT2D eigenvalue weighted by Gasteiger charge is 2.38. The van der Waals surface area contributed by atoms with Gasteiger partial charge in [-0.05, 0) is 38.9 Å². The van der Waals surface area contributed by atoms with Gasteiger partial charge in [0.05, 0.1) is 18.2 Å². The minimum Gasteiger partial charge on any atom is -0.463 e. The molecule has 3 rings (SSSR count). The summed E-state index contributed by atoms with van der Waals surface area (Å²) < 4.78 is 5.42. The molecule has 1 fully saturated rings. The van der Waals surface area contributed by atoms with E-state index in [9.17, 15) is 9.59 Å². The van der Waals surface area contributed by atoms with Crippen molar-refractivity contribution in [3.8, 4) is 0 Å². The van der Waals surface area contributed by atoms with E-state index >= 15 is 0 Å². The molecule has 7 heteroatoms. The molecular weight excluding hydrogens is 368 g/mol. The summed E-state index contributed by atoms with van der Waals surface area (Å²) in [5, 5.41) is 3.01. The first-order chi connectivity index (χ1) is 13.8. The Hall–Kier alpha value is -2.38. The Labute approximate surface area is 173 Å². The van der Waals surface area contributed by atoms with E-state index in [4.69, 9.17) is 4.74 Å². The molecule has 2 aliphatic heterocycles. The summed E-state index contributed by atoms with van der Waals surface area (Å²) in [6.45, 7) is 10.4. The fourth-order valence-electron chi connectivity index (χ4n) is 4.00. The van der Waals surface area contributed by atoms with Crippen molar-refractivity contribution in [3.05, 3.63) is 46.2 Å². The molecule has 0 saturated carbocycles. The van der Waals surface area contributed by atoms with E-state index < -0.39 is 6.04 Å². The van der Waals surface area contributed by atoms with E-state index in [1.54, 1.807) is 18.9 Å². The number of benzene rings is 1. The van der Waals surface area contributed by atoms with Gasteiger partial charge in [-0.1, -0.05) is 23.8 Å². The molecule has 29 heavy (non-hydrogen) atoms. The van der Waals surface area contributed by atoms with Crippen molar-refractivity contribution < 1.29 is 14.3 Å². The van der Waals surface area contributed by atoms with E-state index in [-0.39, 0.29) is 12.0 Å². The minimum atomic E-state index is -0.513. The third-order valence-corrected chi connectivity index (χ3v) is 5.78. The fourth-order valence-corrected chi connectivity index (χ4v) is 4.00. The maximum atomic E-state index is 13.0. The van der Waals surface area contributed by atoms with Gasteiger partial charge in [0.1, 0.15) is 0 Å². The average Bonchev–Trinajstić information content (AvgIpc) is 2.67. The third-order valence-electron chi connectivity index (χ3n) is 5.78. The largest absolute Gasteiger partial charge is 0.463 e. The van der Waals surface area contributed by atoms with Crippen LogP contribution in [0.1, 0.15) is 29.7 Å². The number of hydrogen-bond donors (Lipinski definition) is 1. The van der Waals surface area contributed by atoms with E-state index in [1.165, 1.54) is 0 Å². The van der Waals surface area contributed by atoms with Gasteiger partial charge in [0.2, 0.25) is 0 Å². The van der Waals surface area contributed by atoms with Crippen molar-refractivity contribution in [1.82, 2.24) is 20.0 Å². The van der Waals surface area contributed by atoms with Crippen LogP contribution in [0.25, 0.3) is 0 Å². The predicted octanol–water partition coefficient (Wildman–Crippen LogP) is 2.06. The second-order valence-corrected chi connectivity index (χ2v) is 7.96. The van der Waals surface area contributed by atoms with Gasteiger partial charge in [0, 0.05) is 45.5 Å². The van der Waals surface area contributed by atoms with Gasteiger partial charge in [-0.15, -0.1) is 0 Å². The summed E-state index contributed by atoms with van der Waals surface area (Å²) in [7, 11) is 3.83. The van der Waals surface area contributed by atoms with Crippen LogP contribution in [0.5, 0.6) is 0 Å². The summed E-state index contributed by atoms with van der Waals surface area (Å²) in [6, 6.07) is 5.36. The lowest BCUT2D eigenvalue weighted by Crippen LogP contribution is -2.51. The molecule has 0 aliphatic carbocycles. The lowest BCUT2D eigenvalue weighted by molar-refractivity contribution is -0.139. The highest BCUT2D eigenvalue weighted by atomic mass is 16.5. The van der Waals surface area contributed by atoms with Crippen molar-refractivity contribution in [1.29, 1.82) is 0 Å². The first kappa shape index (κ1) is 21.3. The smallest absolute Gasteiger partial charge is 0.338 e. The molecule has 0 bridgehead atoms. The highest BCUT2D eigenvalue weighted by molar-refractivity contribution is 5.95. The maximum Gasteiger partial charge on any atom is 0.338 e. The summed E-state index contributed by atoms with van der Waals surface area (Å²) in [5.41, 5.74) is 4.36. The van der Waals surface area contributed by atoms with Crippen LogP contribution in [0.15, 0.2) is 29.5 Å². The fraction of sp³-hybridized carbons (Fsp3) is 0.545. The molecule has 2 heterocycles. The van der Waals surface area contributed by atoms with Crippen molar-refractivity contribution in [2.45, 2.75) is 26.8 Å². The standard InChI is InChI=1S/C22H32N4O3/c1-6-29-21(27)19-18(14-26-11-9-24(4)10-12-26)25(5)22(28)23-20(19)17-8-7-15(2)13-16(17)3/h7-8,13,20H,6,9-12,14H2,1-5H3,(H,23,28)/t20-/m1/s1. The normalized spacial score (nSPS) is 21.3. The number of hydrogen-bond acceptors (Lipinski definition) is 5. The molecule has 1 aromatic rings. The first-order valence-corrected chi connectivity index (χ1v) is 10.2. The zero-order valence-corrected chi connectivity index (χ0v) is 18.1. The predicted molar refractivity (Wildman–Crippen MR) is 113 cm³/mol. The summed E-state index contributed by atoms with van der Waals surface area (Å²) in [4.78, 5) is 32.0. The Bertz CT molecular complexity index is 812. The number of amides is 2. The third kappa shape index (κ3) is 4.62. The Morgan fingerprint density at radius 3 is 2.48 bits per heavy atom. The van der Waals surface area contributed by atoms with Gasteiger partial charge in [-0.25, -0.2) is 9.59 Å². The molecule has 0 radical (unpaired) electrons. The molecule has 1 aromatic carbocycles. The second kappa shape index (κ2) is 8.97. The Morgan fingerprint density at radius 1 is 1.17 bits per heavy atom. The lowest BCUT2D eigenvalue weighted by Gasteiger charge is -2.39. The van der Waals surface area contributed by atoms with Crippen molar-refractivity contribution in [2.75, 3.05) is 53.4 Å². The Morgan fingerprint density at radius 2 is 1.86 bits per heavy atom. The van der Waals surface area contributed by atoms with Gasteiger partial charge in [0.25, 0.3) is 0 Å². The van der Waals surface area contributed by atoms with Crippen LogP contribution in [-0.4, -0.2) is 80.1 Å². The van der Waals surface area contributed by atoms with E-state index in [0.717, 1.165) is 48.6 Å². The number of piperazine rings is 1. The van der Waals surface area contributed by atoms with Crippen LogP contribution in [0.3, 0.4) is 0 Å². The number of likely N-dealkylation sites (N-methyl/N-ethyl adjacent to an activating group) is 2. The van der Waals surface area contributed by atoms with Crippen LogP contribution in [0, 0.1) is 13.8 Å². The number of carbonyl (C=O) groups excluding carboxylic acids is 2. The molecule has 0 unspecified atom stereocenters. The summed E-state index contributed by atoms with van der Waals surface area (Å²) in [5.74, 6) is -0.367. The van der Waals surface area contributed by atoms with Crippen LogP contribution in [0.4, 0.5) is 4.79 Å². The van der Waals surface area contributed by atoms with Crippen LogP contribution >= 0.6 is 0 Å². The topological polar surface area (TPSA) is 65.1 Å². The quantitative estimate of drug-likeness (QED) is 0.767. The number of urea groups is 1. The molecule has 0 aromatic heterocycles. The van der Waals surface area contributed by atoms with E-state index in [2.05, 4.69) is 28.2 Å². The lowest BCUT2D eigenvalue weighted by atomic mass is 9.90. The number of aryl methyl sites for hydroxylation is 2. The number of rotatable bonds is 5. The van der Waals surface area contributed by atoms with Crippen LogP contribution in [-0.2, 0) is 9.53 Å². The van der Waals surface area contributed by atoms with Crippen LogP contribution in [0.2, 0.25) is 0 Å². The second-order valence-electron chi connectivity index (χ2n) is 7.96. The Kier molecular flexibility index (Phi) is 6.59. The molecule has 7 nitrogen and oxygen atoms in total. The zero-order valence-electron chi connectivity index (χ0n) is 18.1. The maximum absolute atomic E-state index is 13.0. The SMILES string of the molecule is CCOC(=O)C1=C(CN2CCN(C)CC2)N(C)C(=O)N[C@@H]1c1ccc(C)cc1C. The molecule has 1 saturated heterocycles. The molecule has 1 atom stereocenters. The number of esters is 1. The summed E-state index contributed by atoms with van der Waals surface area (Å²) >= 11 is 0. The zero-order chi connectivity index (χ0) is 21.1. The molecule has 1 N–H and O–H groups in total. The van der Waals surface area contributed by atoms with Gasteiger partial charge in [0.15, 0.2) is 0 Å². The number of carbonyl (C=O) groups is 2. The van der Waals surface area contributed by atoms with Gasteiger partial charge < -0.3 is 15.0 Å². The average molecular weight is 401 g/mol. The monoisotopic (exact) mass is 400 g/mol. The molecule has 0 spiro atoms. The molecule has 2 amide bonds. The summed E-state index contributed by atoms with van der Waals surface area (Å²) in [6.07, 6.45) is 0. The number of nitrogens with one attached hydrogen (secondary N) is 1. The number of nitrogens with zero attached hydrogens (tertiary/aromatic N) is 3. The number of ether oxygens (including phenoxy) is 1. The molecule has 2 aliphatic rings. The minimum absolute atomic E-state index is 0.202. The van der Waals surface area contributed by atoms with E-state index in [0.29, 0.717) is 18.7 Å². The van der Waals surface area contributed by atoms with Gasteiger partial charge >= 0.3 is 12.0 Å². The van der Waals surface area contributed by atoms with Crippen molar-refractivity contribution >= 4 is 12.0 Å².